The molecule has 112 valence electrons. The first kappa shape index (κ1) is 15.6. The lowest BCUT2D eigenvalue weighted by Gasteiger charge is -2.08. The van der Waals surface area contributed by atoms with Gasteiger partial charge < -0.3 is 20.1 Å². The summed E-state index contributed by atoms with van der Waals surface area (Å²) in [6.45, 7) is 0.436. The van der Waals surface area contributed by atoms with Crippen LogP contribution in [0.1, 0.15) is 0 Å². The molecule has 0 atom stereocenters. The molecule has 0 aliphatic rings. The number of thioether (sulfide) groups is 1. The van der Waals surface area contributed by atoms with E-state index in [9.17, 15) is 9.59 Å². The van der Waals surface area contributed by atoms with Crippen LogP contribution in [0.2, 0.25) is 0 Å². The molecule has 0 saturated carbocycles. The Kier molecular flexibility index (Phi) is 5.07. The molecule has 21 heavy (non-hydrogen) atoms. The van der Waals surface area contributed by atoms with Gasteiger partial charge in [0.2, 0.25) is 0 Å². The minimum Gasteiger partial charge on any atom is -0.481 e. The average Bonchev–Trinajstić information content (AvgIpc) is 2.74. The first-order chi connectivity index (χ1) is 9.97. The maximum absolute atomic E-state index is 10.7. The van der Waals surface area contributed by atoms with Crippen LogP contribution in [-0.2, 0) is 16.1 Å². The SMILES string of the molecule is NC(=O)OCCn1c(SCC(=O)O)nc2ccc(Br)cc21. The minimum atomic E-state index is -0.923. The van der Waals surface area contributed by atoms with Crippen molar-refractivity contribution in [3.8, 4) is 0 Å². The van der Waals surface area contributed by atoms with Crippen LogP contribution in [0.25, 0.3) is 11.0 Å². The summed E-state index contributed by atoms with van der Waals surface area (Å²) in [6, 6.07) is 5.55. The summed E-state index contributed by atoms with van der Waals surface area (Å²) in [5, 5.41) is 9.34. The van der Waals surface area contributed by atoms with Crippen LogP contribution in [0.5, 0.6) is 0 Å². The third kappa shape index (κ3) is 4.11. The highest BCUT2D eigenvalue weighted by molar-refractivity contribution is 9.10. The molecule has 0 fully saturated rings. The van der Waals surface area contributed by atoms with Crippen molar-refractivity contribution in [3.63, 3.8) is 0 Å². The quantitative estimate of drug-likeness (QED) is 0.750. The molecule has 0 unspecified atom stereocenters. The second-order valence-corrected chi connectivity index (χ2v) is 5.89. The molecule has 9 heteroatoms. The van der Waals surface area contributed by atoms with Crippen molar-refractivity contribution >= 4 is 50.8 Å². The molecule has 2 aromatic rings. The van der Waals surface area contributed by atoms with E-state index in [1.165, 1.54) is 0 Å². The van der Waals surface area contributed by atoms with E-state index in [1.54, 1.807) is 4.57 Å². The Morgan fingerprint density at radius 1 is 1.48 bits per heavy atom. The summed E-state index contributed by atoms with van der Waals surface area (Å²) in [5.41, 5.74) is 6.49. The molecule has 0 aliphatic heterocycles. The standard InChI is InChI=1S/C12H12BrN3O4S/c13-7-1-2-8-9(5-7)16(3-4-20-11(14)19)12(15-8)21-6-10(17)18/h1-2,5H,3-4,6H2,(H2,14,19)(H,17,18). The number of fused-ring (bicyclic) bond motifs is 1. The number of aromatic nitrogens is 2. The van der Waals surface area contributed by atoms with Crippen molar-refractivity contribution in [1.29, 1.82) is 0 Å². The van der Waals surface area contributed by atoms with E-state index in [0.717, 1.165) is 27.3 Å². The summed E-state index contributed by atoms with van der Waals surface area (Å²) < 4.78 is 7.41. The van der Waals surface area contributed by atoms with Crippen LogP contribution in [-0.4, -0.2) is 39.1 Å². The number of ether oxygens (including phenoxy) is 1. The van der Waals surface area contributed by atoms with Gasteiger partial charge in [0.25, 0.3) is 0 Å². The average molecular weight is 374 g/mol. The molecule has 1 amide bonds. The van der Waals surface area contributed by atoms with Crippen molar-refractivity contribution in [2.45, 2.75) is 11.7 Å². The van der Waals surface area contributed by atoms with E-state index >= 15 is 0 Å². The van der Waals surface area contributed by atoms with Gasteiger partial charge >= 0.3 is 12.1 Å². The zero-order valence-electron chi connectivity index (χ0n) is 10.8. The van der Waals surface area contributed by atoms with Gasteiger partial charge in [-0.05, 0) is 18.2 Å². The first-order valence-electron chi connectivity index (χ1n) is 5.90. The number of amides is 1. The normalized spacial score (nSPS) is 10.7. The van der Waals surface area contributed by atoms with Crippen LogP contribution in [0.4, 0.5) is 4.79 Å². The van der Waals surface area contributed by atoms with Crippen molar-refractivity contribution in [1.82, 2.24) is 9.55 Å². The highest BCUT2D eigenvalue weighted by Gasteiger charge is 2.13. The number of rotatable bonds is 6. The molecule has 1 aromatic heterocycles. The van der Waals surface area contributed by atoms with Crippen LogP contribution in [0, 0.1) is 0 Å². The number of carbonyl (C=O) groups excluding carboxylic acids is 1. The zero-order valence-corrected chi connectivity index (χ0v) is 13.2. The molecular weight excluding hydrogens is 362 g/mol. The Morgan fingerprint density at radius 3 is 2.90 bits per heavy atom. The van der Waals surface area contributed by atoms with Gasteiger partial charge in [-0.1, -0.05) is 27.7 Å². The van der Waals surface area contributed by atoms with E-state index in [-0.39, 0.29) is 12.4 Å². The summed E-state index contributed by atoms with van der Waals surface area (Å²) in [4.78, 5) is 25.7. The number of nitrogens with zero attached hydrogens (tertiary/aromatic N) is 2. The predicted molar refractivity (Wildman–Crippen MR) is 81.3 cm³/mol. The van der Waals surface area contributed by atoms with Crippen molar-refractivity contribution in [3.05, 3.63) is 22.7 Å². The molecule has 1 heterocycles. The smallest absolute Gasteiger partial charge is 0.404 e. The highest BCUT2D eigenvalue weighted by atomic mass is 79.9. The van der Waals surface area contributed by atoms with Crippen LogP contribution in [0.3, 0.4) is 0 Å². The second-order valence-electron chi connectivity index (χ2n) is 4.03. The fourth-order valence-electron chi connectivity index (χ4n) is 1.76. The lowest BCUT2D eigenvalue weighted by Crippen LogP contribution is -2.17. The lowest BCUT2D eigenvalue weighted by atomic mass is 10.3. The van der Waals surface area contributed by atoms with Gasteiger partial charge in [-0.2, -0.15) is 0 Å². The molecule has 7 nitrogen and oxygen atoms in total. The monoisotopic (exact) mass is 373 g/mol. The number of carboxylic acids is 1. The number of imidazole rings is 1. The molecule has 0 radical (unpaired) electrons. The number of hydrogen-bond donors (Lipinski definition) is 2. The number of halogens is 1. The van der Waals surface area contributed by atoms with Gasteiger partial charge in [-0.3, -0.25) is 4.79 Å². The molecule has 0 spiro atoms. The third-order valence-corrected chi connectivity index (χ3v) is 4.01. The number of hydrogen-bond acceptors (Lipinski definition) is 5. The van der Waals surface area contributed by atoms with E-state index in [0.29, 0.717) is 11.7 Å². The summed E-state index contributed by atoms with van der Waals surface area (Å²) in [6.07, 6.45) is -0.847. The molecule has 2 rings (SSSR count). The lowest BCUT2D eigenvalue weighted by molar-refractivity contribution is -0.133. The third-order valence-electron chi connectivity index (χ3n) is 2.56. The van der Waals surface area contributed by atoms with E-state index in [2.05, 4.69) is 20.9 Å². The fourth-order valence-corrected chi connectivity index (χ4v) is 2.87. The van der Waals surface area contributed by atoms with Gasteiger partial charge in [0.1, 0.15) is 6.61 Å². The first-order valence-corrected chi connectivity index (χ1v) is 7.68. The molecule has 0 saturated heterocycles. The number of carbonyl (C=O) groups is 2. The molecule has 0 bridgehead atoms. The maximum Gasteiger partial charge on any atom is 0.404 e. The van der Waals surface area contributed by atoms with Gasteiger partial charge in [0.15, 0.2) is 5.16 Å². The van der Waals surface area contributed by atoms with Crippen molar-refractivity contribution in [2.24, 2.45) is 5.73 Å². The molecular formula is C12H12BrN3O4S. The minimum absolute atomic E-state index is 0.0912. The highest BCUT2D eigenvalue weighted by Crippen LogP contribution is 2.26. The summed E-state index contributed by atoms with van der Waals surface area (Å²) >= 11 is 4.49. The Morgan fingerprint density at radius 2 is 2.24 bits per heavy atom. The number of nitrogens with two attached hydrogens (primary N) is 1. The Balaban J connectivity index is 2.30. The van der Waals surface area contributed by atoms with Crippen LogP contribution >= 0.6 is 27.7 Å². The summed E-state index contributed by atoms with van der Waals surface area (Å²) in [7, 11) is 0. The number of primary amides is 1. The van der Waals surface area contributed by atoms with E-state index in [4.69, 9.17) is 15.6 Å². The Hall–Kier alpha value is -1.74. The van der Waals surface area contributed by atoms with E-state index < -0.39 is 12.1 Å². The van der Waals surface area contributed by atoms with Gasteiger partial charge in [-0.25, -0.2) is 9.78 Å². The topological polar surface area (TPSA) is 107 Å². The van der Waals surface area contributed by atoms with Gasteiger partial charge in [-0.15, -0.1) is 0 Å². The van der Waals surface area contributed by atoms with Crippen LogP contribution in [0.15, 0.2) is 27.8 Å². The van der Waals surface area contributed by atoms with Crippen molar-refractivity contribution in [2.75, 3.05) is 12.4 Å². The number of carboxylic acid groups (broad SMARTS) is 1. The van der Waals surface area contributed by atoms with Gasteiger partial charge in [0, 0.05) is 4.47 Å². The summed E-state index contributed by atoms with van der Waals surface area (Å²) in [5.74, 6) is -1.02. The molecule has 0 aliphatic carbocycles. The maximum atomic E-state index is 10.7. The van der Waals surface area contributed by atoms with E-state index in [1.807, 2.05) is 18.2 Å². The predicted octanol–water partition coefficient (Wildman–Crippen LogP) is 2.07. The van der Waals surface area contributed by atoms with Crippen LogP contribution < -0.4 is 5.73 Å². The second kappa shape index (κ2) is 6.81. The van der Waals surface area contributed by atoms with Gasteiger partial charge in [0.05, 0.1) is 23.3 Å². The number of benzene rings is 1. The molecule has 1 aromatic carbocycles. The zero-order chi connectivity index (χ0) is 15.4. The largest absolute Gasteiger partial charge is 0.481 e. The Bertz CT molecular complexity index is 688. The molecule has 3 N–H and O–H groups in total. The fraction of sp³-hybridized carbons (Fsp3) is 0.250. The van der Waals surface area contributed by atoms with Crippen molar-refractivity contribution < 1.29 is 19.4 Å². The number of aliphatic carboxylic acids is 1. The Labute approximate surface area is 132 Å².